The molecule has 1 atom stereocenters. The SMILES string of the molecule is CN=C(NCc1ccccc1C)N1CCOC(c2cnn(C)c2)C1. The van der Waals surface area contributed by atoms with Crippen molar-refractivity contribution in [1.29, 1.82) is 0 Å². The van der Waals surface area contributed by atoms with Gasteiger partial charge in [-0.25, -0.2) is 0 Å². The van der Waals surface area contributed by atoms with E-state index in [1.54, 1.807) is 0 Å². The van der Waals surface area contributed by atoms with Gasteiger partial charge in [0.15, 0.2) is 5.96 Å². The van der Waals surface area contributed by atoms with Crippen LogP contribution in [-0.2, 0) is 18.3 Å². The molecule has 1 aliphatic rings. The summed E-state index contributed by atoms with van der Waals surface area (Å²) in [5, 5.41) is 7.71. The van der Waals surface area contributed by atoms with Crippen molar-refractivity contribution in [1.82, 2.24) is 20.0 Å². The smallest absolute Gasteiger partial charge is 0.194 e. The Morgan fingerprint density at radius 2 is 2.25 bits per heavy atom. The predicted octanol–water partition coefficient (Wildman–Crippen LogP) is 1.88. The Hall–Kier alpha value is -2.34. The van der Waals surface area contributed by atoms with Crippen molar-refractivity contribution < 1.29 is 4.74 Å². The van der Waals surface area contributed by atoms with Gasteiger partial charge in [0.2, 0.25) is 0 Å². The first-order valence-electron chi connectivity index (χ1n) is 8.27. The van der Waals surface area contributed by atoms with Gasteiger partial charge in [-0.1, -0.05) is 24.3 Å². The Kier molecular flexibility index (Phi) is 5.15. The molecule has 2 aromatic rings. The van der Waals surface area contributed by atoms with Crippen molar-refractivity contribution in [3.8, 4) is 0 Å². The standard InChI is InChI=1S/C18H25N5O/c1-14-6-4-5-7-15(14)10-20-18(19-2)23-8-9-24-17(13-23)16-11-21-22(3)12-16/h4-7,11-12,17H,8-10,13H2,1-3H3,(H,19,20). The molecule has 0 amide bonds. The van der Waals surface area contributed by atoms with Crippen LogP contribution in [0.4, 0.5) is 0 Å². The summed E-state index contributed by atoms with van der Waals surface area (Å²) in [4.78, 5) is 6.69. The van der Waals surface area contributed by atoms with Crippen molar-refractivity contribution in [2.45, 2.75) is 19.6 Å². The third-order valence-corrected chi connectivity index (χ3v) is 4.37. The van der Waals surface area contributed by atoms with Crippen molar-refractivity contribution >= 4 is 5.96 Å². The van der Waals surface area contributed by atoms with E-state index < -0.39 is 0 Å². The number of guanidine groups is 1. The quantitative estimate of drug-likeness (QED) is 0.691. The largest absolute Gasteiger partial charge is 0.370 e. The summed E-state index contributed by atoms with van der Waals surface area (Å²) in [6, 6.07) is 8.41. The fourth-order valence-corrected chi connectivity index (χ4v) is 2.96. The van der Waals surface area contributed by atoms with Crippen LogP contribution in [0.1, 0.15) is 22.8 Å². The first-order valence-corrected chi connectivity index (χ1v) is 8.27. The van der Waals surface area contributed by atoms with E-state index in [9.17, 15) is 0 Å². The minimum absolute atomic E-state index is 0.0319. The van der Waals surface area contributed by atoms with E-state index in [2.05, 4.69) is 51.5 Å². The zero-order chi connectivity index (χ0) is 16.9. The van der Waals surface area contributed by atoms with Crippen molar-refractivity contribution in [2.24, 2.45) is 12.0 Å². The third kappa shape index (κ3) is 3.76. The molecule has 24 heavy (non-hydrogen) atoms. The van der Waals surface area contributed by atoms with Crippen LogP contribution in [0.2, 0.25) is 0 Å². The van der Waals surface area contributed by atoms with Crippen LogP contribution in [0.15, 0.2) is 41.7 Å². The van der Waals surface area contributed by atoms with E-state index >= 15 is 0 Å². The van der Waals surface area contributed by atoms with E-state index in [0.29, 0.717) is 6.61 Å². The molecule has 1 aromatic carbocycles. The normalized spacial score (nSPS) is 18.7. The monoisotopic (exact) mass is 327 g/mol. The lowest BCUT2D eigenvalue weighted by atomic mass is 10.1. The summed E-state index contributed by atoms with van der Waals surface area (Å²) in [7, 11) is 3.75. The molecule has 3 rings (SSSR count). The molecular weight excluding hydrogens is 302 g/mol. The Bertz CT molecular complexity index is 709. The van der Waals surface area contributed by atoms with Crippen LogP contribution in [0.5, 0.6) is 0 Å². The van der Waals surface area contributed by atoms with Crippen LogP contribution in [0.25, 0.3) is 0 Å². The second-order valence-electron chi connectivity index (χ2n) is 6.08. The van der Waals surface area contributed by atoms with Crippen LogP contribution < -0.4 is 5.32 Å². The molecule has 0 spiro atoms. The molecule has 1 fully saturated rings. The number of rotatable bonds is 3. The minimum atomic E-state index is 0.0319. The topological polar surface area (TPSA) is 54.7 Å². The zero-order valence-electron chi connectivity index (χ0n) is 14.6. The number of benzene rings is 1. The highest BCUT2D eigenvalue weighted by molar-refractivity contribution is 5.80. The van der Waals surface area contributed by atoms with Gasteiger partial charge < -0.3 is 15.0 Å². The molecule has 128 valence electrons. The first-order chi connectivity index (χ1) is 11.7. The summed E-state index contributed by atoms with van der Waals surface area (Å²) in [5.41, 5.74) is 3.68. The lowest BCUT2D eigenvalue weighted by molar-refractivity contribution is -0.00805. The summed E-state index contributed by atoms with van der Waals surface area (Å²) >= 11 is 0. The Morgan fingerprint density at radius 1 is 1.42 bits per heavy atom. The molecule has 0 bridgehead atoms. The molecule has 0 saturated carbocycles. The van der Waals surface area contributed by atoms with Gasteiger partial charge in [-0.3, -0.25) is 9.67 Å². The van der Waals surface area contributed by atoms with Gasteiger partial charge >= 0.3 is 0 Å². The average molecular weight is 327 g/mol. The maximum absolute atomic E-state index is 5.91. The number of nitrogens with zero attached hydrogens (tertiary/aromatic N) is 4. The second kappa shape index (κ2) is 7.49. The summed E-state index contributed by atoms with van der Waals surface area (Å²) < 4.78 is 7.71. The van der Waals surface area contributed by atoms with Gasteiger partial charge in [0, 0.05) is 38.9 Å². The molecule has 1 saturated heterocycles. The highest BCUT2D eigenvalue weighted by atomic mass is 16.5. The molecule has 1 aliphatic heterocycles. The van der Waals surface area contributed by atoms with Gasteiger partial charge in [-0.2, -0.15) is 5.10 Å². The van der Waals surface area contributed by atoms with Crippen LogP contribution in [-0.4, -0.2) is 47.4 Å². The highest BCUT2D eigenvalue weighted by Crippen LogP contribution is 2.21. The van der Waals surface area contributed by atoms with Crippen LogP contribution in [0, 0.1) is 6.92 Å². The van der Waals surface area contributed by atoms with E-state index in [0.717, 1.165) is 31.2 Å². The molecule has 2 heterocycles. The predicted molar refractivity (Wildman–Crippen MR) is 94.9 cm³/mol. The van der Waals surface area contributed by atoms with Crippen molar-refractivity contribution in [2.75, 3.05) is 26.7 Å². The molecule has 6 heteroatoms. The number of aromatic nitrogens is 2. The highest BCUT2D eigenvalue weighted by Gasteiger charge is 2.25. The molecule has 6 nitrogen and oxygen atoms in total. The summed E-state index contributed by atoms with van der Waals surface area (Å²) in [6.07, 6.45) is 3.92. The van der Waals surface area contributed by atoms with Gasteiger partial charge in [-0.05, 0) is 18.1 Å². The second-order valence-corrected chi connectivity index (χ2v) is 6.08. The Balaban J connectivity index is 1.64. The maximum atomic E-state index is 5.91. The van der Waals surface area contributed by atoms with Gasteiger partial charge in [-0.15, -0.1) is 0 Å². The molecule has 0 radical (unpaired) electrons. The van der Waals surface area contributed by atoms with E-state index in [1.807, 2.05) is 31.2 Å². The third-order valence-electron chi connectivity index (χ3n) is 4.37. The number of hydrogen-bond donors (Lipinski definition) is 1. The molecule has 0 aliphatic carbocycles. The number of hydrogen-bond acceptors (Lipinski definition) is 3. The Labute approximate surface area is 143 Å². The lowest BCUT2D eigenvalue weighted by Crippen LogP contribution is -2.47. The Morgan fingerprint density at radius 3 is 2.96 bits per heavy atom. The van der Waals surface area contributed by atoms with Crippen LogP contribution in [0.3, 0.4) is 0 Å². The number of nitrogens with one attached hydrogen (secondary N) is 1. The number of morpholine rings is 1. The van der Waals surface area contributed by atoms with E-state index in [-0.39, 0.29) is 6.10 Å². The summed E-state index contributed by atoms with van der Waals surface area (Å²) in [5.74, 6) is 0.912. The van der Waals surface area contributed by atoms with Gasteiger partial charge in [0.05, 0.1) is 19.3 Å². The van der Waals surface area contributed by atoms with Crippen LogP contribution >= 0.6 is 0 Å². The maximum Gasteiger partial charge on any atom is 0.194 e. The minimum Gasteiger partial charge on any atom is -0.370 e. The first kappa shape index (κ1) is 16.5. The summed E-state index contributed by atoms with van der Waals surface area (Å²) in [6.45, 7) is 5.20. The fraction of sp³-hybridized carbons (Fsp3) is 0.444. The van der Waals surface area contributed by atoms with E-state index in [1.165, 1.54) is 11.1 Å². The van der Waals surface area contributed by atoms with Gasteiger partial charge in [0.1, 0.15) is 6.10 Å². The van der Waals surface area contributed by atoms with Crippen molar-refractivity contribution in [3.05, 3.63) is 53.3 Å². The average Bonchev–Trinajstić information content (AvgIpc) is 3.04. The lowest BCUT2D eigenvalue weighted by Gasteiger charge is -2.34. The molecule has 1 N–H and O–H groups in total. The molecular formula is C18H25N5O. The molecule has 1 aromatic heterocycles. The number of aliphatic imine (C=N–C) groups is 1. The van der Waals surface area contributed by atoms with Gasteiger partial charge in [0.25, 0.3) is 0 Å². The van der Waals surface area contributed by atoms with E-state index in [4.69, 9.17) is 4.74 Å². The molecule has 1 unspecified atom stereocenters. The van der Waals surface area contributed by atoms with Crippen molar-refractivity contribution in [3.63, 3.8) is 0 Å². The number of ether oxygens (including phenoxy) is 1. The fourth-order valence-electron chi connectivity index (χ4n) is 2.96. The number of aryl methyl sites for hydroxylation is 2. The zero-order valence-corrected chi connectivity index (χ0v) is 14.6.